The number of nitrogens with one attached hydrogen (secondary N) is 1. The van der Waals surface area contributed by atoms with Gasteiger partial charge < -0.3 is 10.1 Å². The molecule has 0 aromatic heterocycles. The van der Waals surface area contributed by atoms with Crippen LogP contribution in [0.15, 0.2) is 12.1 Å². The van der Waals surface area contributed by atoms with Gasteiger partial charge in [0, 0.05) is 12.6 Å². The first kappa shape index (κ1) is 15.2. The molecule has 1 aliphatic rings. The fourth-order valence-electron chi connectivity index (χ4n) is 2.35. The maximum atomic E-state index is 6.19. The van der Waals surface area contributed by atoms with Crippen LogP contribution in [0.1, 0.15) is 33.1 Å². The van der Waals surface area contributed by atoms with E-state index >= 15 is 0 Å². The van der Waals surface area contributed by atoms with E-state index in [2.05, 4.69) is 19.2 Å². The van der Waals surface area contributed by atoms with E-state index in [-0.39, 0.29) is 5.60 Å². The molecule has 2 nitrogen and oxygen atoms in total. The van der Waals surface area contributed by atoms with Crippen molar-refractivity contribution in [3.05, 3.63) is 27.2 Å². The maximum absolute atomic E-state index is 6.19. The van der Waals surface area contributed by atoms with Gasteiger partial charge in [-0.2, -0.15) is 0 Å². The highest BCUT2D eigenvalue weighted by Gasteiger charge is 2.31. The van der Waals surface area contributed by atoms with Crippen molar-refractivity contribution in [3.8, 4) is 0 Å². The molecule has 1 fully saturated rings. The molecular weight excluding hydrogens is 305 g/mol. The average Bonchev–Trinajstić information content (AvgIpc) is 2.36. The fourth-order valence-corrected chi connectivity index (χ4v) is 2.95. The van der Waals surface area contributed by atoms with E-state index in [1.807, 2.05) is 0 Å². The molecule has 1 N–H and O–H groups in total. The van der Waals surface area contributed by atoms with Crippen molar-refractivity contribution in [2.45, 2.75) is 44.8 Å². The van der Waals surface area contributed by atoms with Crippen LogP contribution >= 0.6 is 34.8 Å². The van der Waals surface area contributed by atoms with E-state index in [9.17, 15) is 0 Å². The summed E-state index contributed by atoms with van der Waals surface area (Å²) in [5.74, 6) is 0. The molecule has 2 rings (SSSR count). The highest BCUT2D eigenvalue weighted by molar-refractivity contribution is 6.44. The van der Waals surface area contributed by atoms with Crippen molar-refractivity contribution >= 4 is 40.5 Å². The molecule has 19 heavy (non-hydrogen) atoms. The maximum Gasteiger partial charge on any atom is 0.0671 e. The largest absolute Gasteiger partial charge is 0.381 e. The van der Waals surface area contributed by atoms with Gasteiger partial charge in [0.2, 0.25) is 0 Å². The van der Waals surface area contributed by atoms with Crippen LogP contribution in [0.3, 0.4) is 0 Å². The van der Waals surface area contributed by atoms with Gasteiger partial charge in [0.05, 0.1) is 26.4 Å². The van der Waals surface area contributed by atoms with E-state index in [0.717, 1.165) is 31.6 Å². The molecule has 1 aromatic rings. The Labute approximate surface area is 129 Å². The smallest absolute Gasteiger partial charge is 0.0671 e. The number of benzene rings is 1. The molecule has 0 amide bonds. The van der Waals surface area contributed by atoms with Crippen LogP contribution in [0.5, 0.6) is 0 Å². The molecule has 0 bridgehead atoms. The highest BCUT2D eigenvalue weighted by Crippen LogP contribution is 2.35. The lowest BCUT2D eigenvalue weighted by Gasteiger charge is -2.38. The Morgan fingerprint density at radius 2 is 1.95 bits per heavy atom. The second-order valence-electron chi connectivity index (χ2n) is 5.23. The molecule has 1 aromatic carbocycles. The molecule has 0 aliphatic carbocycles. The molecule has 0 saturated carbocycles. The van der Waals surface area contributed by atoms with Gasteiger partial charge in [-0.1, -0.05) is 41.7 Å². The Morgan fingerprint density at radius 1 is 1.26 bits per heavy atom. The Bertz CT molecular complexity index is 466. The predicted octanol–water partition coefficient (Wildman–Crippen LogP) is 5.41. The van der Waals surface area contributed by atoms with Crippen molar-refractivity contribution < 1.29 is 4.74 Å². The SMILES string of the molecule is CCC1(C)CC(Nc2cc(Cl)c(Cl)cc2Cl)CCO1. The van der Waals surface area contributed by atoms with Crippen LogP contribution in [0.25, 0.3) is 0 Å². The highest BCUT2D eigenvalue weighted by atomic mass is 35.5. The zero-order valence-corrected chi connectivity index (χ0v) is 13.4. The van der Waals surface area contributed by atoms with Crippen molar-refractivity contribution in [1.29, 1.82) is 0 Å². The number of hydrogen-bond donors (Lipinski definition) is 1. The number of rotatable bonds is 3. The molecule has 5 heteroatoms. The van der Waals surface area contributed by atoms with Gasteiger partial charge in [-0.3, -0.25) is 0 Å². The number of anilines is 1. The standard InChI is InChI=1S/C14H18Cl3NO/c1-3-14(2)8-9(4-5-19-14)18-13-7-11(16)10(15)6-12(13)17/h6-7,9,18H,3-5,8H2,1-2H3. The third-order valence-corrected chi connectivity index (χ3v) is 4.75. The van der Waals surface area contributed by atoms with Crippen LogP contribution in [-0.4, -0.2) is 18.2 Å². The van der Waals surface area contributed by atoms with Crippen LogP contribution in [0.2, 0.25) is 15.1 Å². The predicted molar refractivity (Wildman–Crippen MR) is 82.8 cm³/mol. The van der Waals surface area contributed by atoms with Crippen molar-refractivity contribution in [1.82, 2.24) is 0 Å². The van der Waals surface area contributed by atoms with Gasteiger partial charge in [-0.25, -0.2) is 0 Å². The number of halogens is 3. The van der Waals surface area contributed by atoms with Gasteiger partial charge in [0.25, 0.3) is 0 Å². The molecule has 1 aliphatic heterocycles. The summed E-state index contributed by atoms with van der Waals surface area (Å²) in [5, 5.41) is 5.04. The summed E-state index contributed by atoms with van der Waals surface area (Å²) in [6.45, 7) is 5.06. The first-order valence-corrected chi connectivity index (χ1v) is 7.62. The van der Waals surface area contributed by atoms with E-state index in [1.165, 1.54) is 0 Å². The molecule has 1 heterocycles. The molecule has 2 unspecified atom stereocenters. The van der Waals surface area contributed by atoms with E-state index < -0.39 is 0 Å². The van der Waals surface area contributed by atoms with Crippen LogP contribution < -0.4 is 5.32 Å². The van der Waals surface area contributed by atoms with Crippen LogP contribution in [0.4, 0.5) is 5.69 Å². The Hall–Kier alpha value is -0.150. The first-order valence-electron chi connectivity index (χ1n) is 6.48. The van der Waals surface area contributed by atoms with Crippen molar-refractivity contribution in [2.24, 2.45) is 0 Å². The summed E-state index contributed by atoms with van der Waals surface area (Å²) in [7, 11) is 0. The lowest BCUT2D eigenvalue weighted by molar-refractivity contribution is -0.0708. The molecular formula is C14H18Cl3NO. The average molecular weight is 323 g/mol. The normalized spacial score (nSPS) is 27.3. The third kappa shape index (κ3) is 3.69. The quantitative estimate of drug-likeness (QED) is 0.752. The third-order valence-electron chi connectivity index (χ3n) is 3.71. The van der Waals surface area contributed by atoms with E-state index in [4.69, 9.17) is 39.5 Å². The van der Waals surface area contributed by atoms with Gasteiger partial charge in [0.1, 0.15) is 0 Å². The lowest BCUT2D eigenvalue weighted by atomic mass is 9.90. The summed E-state index contributed by atoms with van der Waals surface area (Å²) in [6, 6.07) is 3.80. The van der Waals surface area contributed by atoms with Gasteiger partial charge in [-0.15, -0.1) is 0 Å². The molecule has 1 saturated heterocycles. The number of hydrogen-bond acceptors (Lipinski definition) is 2. The van der Waals surface area contributed by atoms with Gasteiger partial charge in [-0.05, 0) is 38.3 Å². The Kier molecular flexibility index (Phi) is 4.88. The summed E-state index contributed by atoms with van der Waals surface area (Å²) < 4.78 is 5.84. The zero-order chi connectivity index (χ0) is 14.0. The molecule has 0 spiro atoms. The minimum atomic E-state index is -0.0569. The zero-order valence-electron chi connectivity index (χ0n) is 11.1. The van der Waals surface area contributed by atoms with Crippen molar-refractivity contribution in [2.75, 3.05) is 11.9 Å². The monoisotopic (exact) mass is 321 g/mol. The first-order chi connectivity index (χ1) is 8.93. The van der Waals surface area contributed by atoms with Crippen LogP contribution in [0, 0.1) is 0 Å². The van der Waals surface area contributed by atoms with Gasteiger partial charge >= 0.3 is 0 Å². The van der Waals surface area contributed by atoms with Crippen LogP contribution in [-0.2, 0) is 4.74 Å². The van der Waals surface area contributed by atoms with Gasteiger partial charge in [0.15, 0.2) is 0 Å². The van der Waals surface area contributed by atoms with E-state index in [1.54, 1.807) is 12.1 Å². The Morgan fingerprint density at radius 3 is 2.63 bits per heavy atom. The topological polar surface area (TPSA) is 21.3 Å². The Balaban J connectivity index is 2.11. The minimum Gasteiger partial charge on any atom is -0.381 e. The van der Waals surface area contributed by atoms with E-state index in [0.29, 0.717) is 21.1 Å². The molecule has 106 valence electrons. The fraction of sp³-hybridized carbons (Fsp3) is 0.571. The molecule has 2 atom stereocenters. The number of ether oxygens (including phenoxy) is 1. The summed E-state index contributed by atoms with van der Waals surface area (Å²) in [5.41, 5.74) is 0.778. The molecule has 0 radical (unpaired) electrons. The lowest BCUT2D eigenvalue weighted by Crippen LogP contribution is -2.41. The second kappa shape index (κ2) is 6.09. The summed E-state index contributed by atoms with van der Waals surface area (Å²) in [4.78, 5) is 0. The van der Waals surface area contributed by atoms with Crippen molar-refractivity contribution in [3.63, 3.8) is 0 Å². The minimum absolute atomic E-state index is 0.0569. The summed E-state index contributed by atoms with van der Waals surface area (Å²) in [6.07, 6.45) is 2.92. The second-order valence-corrected chi connectivity index (χ2v) is 6.45. The summed E-state index contributed by atoms with van der Waals surface area (Å²) >= 11 is 18.2.